The summed E-state index contributed by atoms with van der Waals surface area (Å²) in [7, 11) is 2.23. The normalized spacial score (nSPS) is 18.8. The second-order valence-electron chi connectivity index (χ2n) is 7.45. The van der Waals surface area contributed by atoms with Crippen LogP contribution in [-0.2, 0) is 0 Å². The molecular formula is C22H39N. The van der Waals surface area contributed by atoms with E-state index in [0.717, 1.165) is 6.54 Å². The highest BCUT2D eigenvalue weighted by atomic mass is 15.1. The van der Waals surface area contributed by atoms with Crippen molar-refractivity contribution < 1.29 is 0 Å². The van der Waals surface area contributed by atoms with Crippen LogP contribution in [0.15, 0.2) is 36.1 Å². The molecule has 1 fully saturated rings. The van der Waals surface area contributed by atoms with Gasteiger partial charge >= 0.3 is 0 Å². The van der Waals surface area contributed by atoms with Gasteiger partial charge in [0.2, 0.25) is 0 Å². The Morgan fingerprint density at radius 2 is 1.78 bits per heavy atom. The van der Waals surface area contributed by atoms with Crippen LogP contribution in [0.25, 0.3) is 0 Å². The summed E-state index contributed by atoms with van der Waals surface area (Å²) in [5.74, 6) is 0. The largest absolute Gasteiger partial charge is 0.375 e. The van der Waals surface area contributed by atoms with Gasteiger partial charge in [-0.1, -0.05) is 63.8 Å². The molecule has 0 unspecified atom stereocenters. The predicted octanol–water partition coefficient (Wildman–Crippen LogP) is 6.88. The number of likely N-dealkylation sites (N-methyl/N-ethyl adjacent to an activating group) is 1. The molecule has 0 saturated heterocycles. The Morgan fingerprint density at radius 3 is 2.35 bits per heavy atom. The summed E-state index contributed by atoms with van der Waals surface area (Å²) in [6, 6.07) is 0. The maximum absolute atomic E-state index is 3.82. The molecule has 0 heterocycles. The third-order valence-corrected chi connectivity index (χ3v) is 5.63. The van der Waals surface area contributed by atoms with Crippen molar-refractivity contribution >= 4 is 0 Å². The van der Waals surface area contributed by atoms with Crippen molar-refractivity contribution in [2.45, 2.75) is 85.0 Å². The van der Waals surface area contributed by atoms with E-state index in [1.54, 1.807) is 0 Å². The molecule has 0 spiro atoms. The number of allylic oxidation sites excluding steroid dienone is 4. The monoisotopic (exact) mass is 317 g/mol. The van der Waals surface area contributed by atoms with Gasteiger partial charge in [0.25, 0.3) is 0 Å². The standard InChI is InChI=1S/C22H39N/c1-6-9-15-22(16-11-10-12-17-22)18-13-19-23(5)21(8-3)20(4)14-7-2/h7-8,14H,2,6,9-13,15-19H2,1,3-5H3/b20-14-,21-8+. The highest BCUT2D eigenvalue weighted by Crippen LogP contribution is 2.44. The highest BCUT2D eigenvalue weighted by Gasteiger charge is 2.30. The Hall–Kier alpha value is -0.980. The maximum Gasteiger partial charge on any atom is 0.0349 e. The minimum atomic E-state index is 0.664. The summed E-state index contributed by atoms with van der Waals surface area (Å²) >= 11 is 0. The van der Waals surface area contributed by atoms with Crippen molar-refractivity contribution in [1.29, 1.82) is 0 Å². The quantitative estimate of drug-likeness (QED) is 0.397. The first-order valence-corrected chi connectivity index (χ1v) is 9.75. The van der Waals surface area contributed by atoms with E-state index >= 15 is 0 Å². The molecule has 0 atom stereocenters. The summed E-state index contributed by atoms with van der Waals surface area (Å²) in [5.41, 5.74) is 3.32. The van der Waals surface area contributed by atoms with Crippen LogP contribution >= 0.6 is 0 Å². The number of hydrogen-bond acceptors (Lipinski definition) is 1. The molecule has 0 amide bonds. The van der Waals surface area contributed by atoms with Gasteiger partial charge in [-0.05, 0) is 56.9 Å². The molecule has 1 rings (SSSR count). The Balaban J connectivity index is 2.54. The van der Waals surface area contributed by atoms with Gasteiger partial charge in [0, 0.05) is 19.3 Å². The van der Waals surface area contributed by atoms with E-state index in [9.17, 15) is 0 Å². The third-order valence-electron chi connectivity index (χ3n) is 5.63. The van der Waals surface area contributed by atoms with Crippen molar-refractivity contribution in [3.8, 4) is 0 Å². The molecule has 1 nitrogen and oxygen atoms in total. The van der Waals surface area contributed by atoms with Gasteiger partial charge in [0.05, 0.1) is 0 Å². The Morgan fingerprint density at radius 1 is 1.13 bits per heavy atom. The van der Waals surface area contributed by atoms with E-state index in [1.807, 2.05) is 6.08 Å². The summed E-state index contributed by atoms with van der Waals surface area (Å²) in [4.78, 5) is 2.42. The first kappa shape index (κ1) is 20.1. The third kappa shape index (κ3) is 6.57. The summed E-state index contributed by atoms with van der Waals surface area (Å²) in [6.45, 7) is 11.6. The molecule has 0 aromatic carbocycles. The van der Waals surface area contributed by atoms with Crippen molar-refractivity contribution in [3.05, 3.63) is 36.1 Å². The fourth-order valence-electron chi connectivity index (χ4n) is 4.30. The summed E-state index contributed by atoms with van der Waals surface area (Å²) < 4.78 is 0. The van der Waals surface area contributed by atoms with Crippen molar-refractivity contribution in [2.24, 2.45) is 5.41 Å². The van der Waals surface area contributed by atoms with Crippen LogP contribution in [-0.4, -0.2) is 18.5 Å². The first-order valence-electron chi connectivity index (χ1n) is 9.75. The van der Waals surface area contributed by atoms with Crippen LogP contribution in [0, 0.1) is 5.41 Å². The van der Waals surface area contributed by atoms with Crippen LogP contribution in [0.2, 0.25) is 0 Å². The van der Waals surface area contributed by atoms with Gasteiger partial charge in [0.1, 0.15) is 0 Å². The van der Waals surface area contributed by atoms with Gasteiger partial charge in [-0.3, -0.25) is 0 Å². The molecule has 1 aliphatic rings. The molecule has 132 valence electrons. The molecule has 1 heteroatoms. The summed E-state index contributed by atoms with van der Waals surface area (Å²) in [5, 5.41) is 0. The van der Waals surface area contributed by atoms with Crippen molar-refractivity contribution in [3.63, 3.8) is 0 Å². The summed E-state index contributed by atoms with van der Waals surface area (Å²) in [6.07, 6.45) is 20.5. The molecule has 0 N–H and O–H groups in total. The molecule has 1 saturated carbocycles. The van der Waals surface area contributed by atoms with Crippen LogP contribution in [0.3, 0.4) is 0 Å². The molecule has 23 heavy (non-hydrogen) atoms. The van der Waals surface area contributed by atoms with E-state index in [0.29, 0.717) is 5.41 Å². The van der Waals surface area contributed by atoms with E-state index in [4.69, 9.17) is 0 Å². The lowest BCUT2D eigenvalue weighted by Crippen LogP contribution is -2.27. The van der Waals surface area contributed by atoms with Gasteiger partial charge in [-0.2, -0.15) is 0 Å². The van der Waals surface area contributed by atoms with Crippen LogP contribution < -0.4 is 0 Å². The van der Waals surface area contributed by atoms with Crippen molar-refractivity contribution in [2.75, 3.05) is 13.6 Å². The molecule has 0 radical (unpaired) electrons. The van der Waals surface area contributed by atoms with Gasteiger partial charge in [-0.15, -0.1) is 0 Å². The lowest BCUT2D eigenvalue weighted by Gasteiger charge is -2.38. The van der Waals surface area contributed by atoms with E-state index in [-0.39, 0.29) is 0 Å². The predicted molar refractivity (Wildman–Crippen MR) is 105 cm³/mol. The topological polar surface area (TPSA) is 3.24 Å². The SMILES string of the molecule is C=C/C=C(C)\C(=C/C)N(C)CCCC1(CCCC)CCCCC1. The maximum atomic E-state index is 3.82. The van der Waals surface area contributed by atoms with Gasteiger partial charge in [-0.25, -0.2) is 0 Å². The number of rotatable bonds is 10. The molecule has 0 aromatic rings. The second-order valence-corrected chi connectivity index (χ2v) is 7.45. The average molecular weight is 318 g/mol. The lowest BCUT2D eigenvalue weighted by molar-refractivity contribution is 0.145. The number of unbranched alkanes of at least 4 members (excludes halogenated alkanes) is 1. The average Bonchev–Trinajstić information content (AvgIpc) is 2.55. The lowest BCUT2D eigenvalue weighted by atomic mass is 9.68. The second kappa shape index (κ2) is 10.7. The minimum Gasteiger partial charge on any atom is -0.375 e. The van der Waals surface area contributed by atoms with Crippen LogP contribution in [0.5, 0.6) is 0 Å². The van der Waals surface area contributed by atoms with E-state index in [2.05, 4.69) is 51.4 Å². The molecule has 0 aliphatic heterocycles. The number of hydrogen-bond donors (Lipinski definition) is 0. The Labute approximate surface area is 145 Å². The van der Waals surface area contributed by atoms with E-state index < -0.39 is 0 Å². The molecule has 1 aliphatic carbocycles. The Kier molecular flexibility index (Phi) is 9.36. The van der Waals surface area contributed by atoms with E-state index in [1.165, 1.54) is 75.5 Å². The fourth-order valence-corrected chi connectivity index (χ4v) is 4.30. The molecular weight excluding hydrogens is 278 g/mol. The fraction of sp³-hybridized carbons (Fsp3) is 0.727. The Bertz CT molecular complexity index is 396. The first-order chi connectivity index (χ1) is 11.1. The van der Waals surface area contributed by atoms with Crippen molar-refractivity contribution in [1.82, 2.24) is 4.90 Å². The van der Waals surface area contributed by atoms with Crippen LogP contribution in [0.1, 0.15) is 85.0 Å². The zero-order chi connectivity index (χ0) is 17.1. The number of nitrogens with zero attached hydrogens (tertiary/aromatic N) is 1. The minimum absolute atomic E-state index is 0.664. The van der Waals surface area contributed by atoms with Gasteiger partial charge < -0.3 is 4.90 Å². The van der Waals surface area contributed by atoms with Gasteiger partial charge in [0.15, 0.2) is 0 Å². The molecule has 0 aromatic heterocycles. The van der Waals surface area contributed by atoms with Crippen LogP contribution in [0.4, 0.5) is 0 Å². The molecule has 0 bridgehead atoms. The highest BCUT2D eigenvalue weighted by molar-refractivity contribution is 5.29. The zero-order valence-corrected chi connectivity index (χ0v) is 16.2. The smallest absolute Gasteiger partial charge is 0.0349 e. The zero-order valence-electron chi connectivity index (χ0n) is 16.2.